The van der Waals surface area contributed by atoms with E-state index < -0.39 is 23.6 Å². The van der Waals surface area contributed by atoms with Gasteiger partial charge in [-0.05, 0) is 38.8 Å². The Morgan fingerprint density at radius 3 is 1.86 bits per heavy atom. The van der Waals surface area contributed by atoms with Crippen LogP contribution < -0.4 is 5.32 Å². The molecule has 0 fully saturated rings. The van der Waals surface area contributed by atoms with Crippen molar-refractivity contribution in [2.75, 3.05) is 13.2 Å². The number of rotatable bonds is 8. The first-order valence-electron chi connectivity index (χ1n) is 9.53. The van der Waals surface area contributed by atoms with Crippen LogP contribution in [0.5, 0.6) is 0 Å². The monoisotopic (exact) mass is 383 g/mol. The van der Waals surface area contributed by atoms with Crippen molar-refractivity contribution < 1.29 is 19.1 Å². The average Bonchev–Trinajstić information content (AvgIpc) is 2.65. The number of nitrogens with one attached hydrogen (secondary N) is 1. The number of carbonyl (C=O) groups is 2. The number of carbonyl (C=O) groups excluding carboxylic acids is 2. The van der Waals surface area contributed by atoms with E-state index in [1.54, 1.807) is 6.92 Å². The van der Waals surface area contributed by atoms with Gasteiger partial charge in [0.15, 0.2) is 0 Å². The van der Waals surface area contributed by atoms with Gasteiger partial charge in [-0.1, -0.05) is 60.7 Å². The van der Waals surface area contributed by atoms with E-state index in [0.29, 0.717) is 0 Å². The second-order valence-electron chi connectivity index (χ2n) is 7.50. The summed E-state index contributed by atoms with van der Waals surface area (Å²) in [7, 11) is 0. The third kappa shape index (κ3) is 6.50. The Kier molecular flexibility index (Phi) is 7.76. The average molecular weight is 383 g/mol. The minimum atomic E-state index is -0.725. The normalized spacial score (nSPS) is 12.5. The lowest BCUT2D eigenvalue weighted by Gasteiger charge is -2.28. The molecule has 0 aliphatic rings. The van der Waals surface area contributed by atoms with Gasteiger partial charge in [-0.3, -0.25) is 14.9 Å². The van der Waals surface area contributed by atoms with Gasteiger partial charge in [0.05, 0.1) is 13.2 Å². The molecule has 5 heteroatoms. The summed E-state index contributed by atoms with van der Waals surface area (Å²) in [4.78, 5) is 25.0. The standard InChI is InChI=1S/C23H29NO4/c1-5-27-22(26)21(24-16-19(25)28-23(2,3)4)20(17-12-8-6-9-13-17)18-14-10-7-11-15-18/h6-15,20-21,24H,5,16H2,1-4H3. The Bertz CT molecular complexity index is 714. The maximum absolute atomic E-state index is 12.8. The zero-order valence-corrected chi connectivity index (χ0v) is 17.0. The molecule has 0 spiro atoms. The van der Waals surface area contributed by atoms with E-state index in [1.165, 1.54) is 0 Å². The Morgan fingerprint density at radius 1 is 0.929 bits per heavy atom. The van der Waals surface area contributed by atoms with E-state index >= 15 is 0 Å². The highest BCUT2D eigenvalue weighted by Gasteiger charge is 2.32. The quantitative estimate of drug-likeness (QED) is 0.705. The van der Waals surface area contributed by atoms with E-state index in [-0.39, 0.29) is 19.1 Å². The fourth-order valence-corrected chi connectivity index (χ4v) is 3.04. The summed E-state index contributed by atoms with van der Waals surface area (Å²) in [6.07, 6.45) is 0. The molecule has 1 atom stereocenters. The van der Waals surface area contributed by atoms with E-state index in [1.807, 2.05) is 81.4 Å². The summed E-state index contributed by atoms with van der Waals surface area (Å²) < 4.78 is 10.7. The molecular weight excluding hydrogens is 354 g/mol. The third-order valence-electron chi connectivity index (χ3n) is 4.08. The molecule has 2 aromatic carbocycles. The Balaban J connectivity index is 2.34. The largest absolute Gasteiger partial charge is 0.465 e. The zero-order valence-electron chi connectivity index (χ0n) is 17.0. The summed E-state index contributed by atoms with van der Waals surface area (Å²) in [6.45, 7) is 7.37. The minimum absolute atomic E-state index is 0.0864. The Morgan fingerprint density at radius 2 is 1.43 bits per heavy atom. The molecule has 0 saturated carbocycles. The lowest BCUT2D eigenvalue weighted by molar-refractivity contribution is -0.154. The molecule has 1 N–H and O–H groups in total. The van der Waals surface area contributed by atoms with Gasteiger partial charge in [0.1, 0.15) is 11.6 Å². The molecule has 0 aliphatic carbocycles. The van der Waals surface area contributed by atoms with Crippen LogP contribution in [-0.2, 0) is 19.1 Å². The van der Waals surface area contributed by atoms with E-state index in [9.17, 15) is 9.59 Å². The molecular formula is C23H29NO4. The SMILES string of the molecule is CCOC(=O)C(NCC(=O)OC(C)(C)C)C(c1ccccc1)c1ccccc1. The summed E-state index contributed by atoms with van der Waals surface area (Å²) in [5, 5.41) is 3.07. The maximum atomic E-state index is 12.8. The second-order valence-corrected chi connectivity index (χ2v) is 7.50. The summed E-state index contributed by atoms with van der Waals surface area (Å²) >= 11 is 0. The number of hydrogen-bond donors (Lipinski definition) is 1. The summed E-state index contributed by atoms with van der Waals surface area (Å²) in [5.74, 6) is -1.12. The number of ether oxygens (including phenoxy) is 2. The van der Waals surface area contributed by atoms with Crippen molar-refractivity contribution in [3.05, 3.63) is 71.8 Å². The van der Waals surface area contributed by atoms with Crippen molar-refractivity contribution in [2.45, 2.75) is 45.3 Å². The lowest BCUT2D eigenvalue weighted by Crippen LogP contribution is -2.46. The first-order chi connectivity index (χ1) is 13.3. The third-order valence-corrected chi connectivity index (χ3v) is 4.08. The van der Waals surface area contributed by atoms with Crippen LogP contribution in [0.1, 0.15) is 44.7 Å². The Labute approximate surface area is 167 Å². The number of hydrogen-bond acceptors (Lipinski definition) is 5. The first-order valence-corrected chi connectivity index (χ1v) is 9.53. The van der Waals surface area contributed by atoms with Gasteiger partial charge >= 0.3 is 11.9 Å². The zero-order chi connectivity index (χ0) is 20.6. The van der Waals surface area contributed by atoms with E-state index in [0.717, 1.165) is 11.1 Å². The van der Waals surface area contributed by atoms with Gasteiger partial charge in [-0.15, -0.1) is 0 Å². The minimum Gasteiger partial charge on any atom is -0.465 e. The molecule has 0 aliphatic heterocycles. The van der Waals surface area contributed by atoms with Crippen LogP contribution in [0.2, 0.25) is 0 Å². The van der Waals surface area contributed by atoms with Crippen LogP contribution in [0.3, 0.4) is 0 Å². The van der Waals surface area contributed by atoms with Crippen molar-refractivity contribution in [1.29, 1.82) is 0 Å². The molecule has 150 valence electrons. The van der Waals surface area contributed by atoms with Crippen LogP contribution in [0.4, 0.5) is 0 Å². The highest BCUT2D eigenvalue weighted by Crippen LogP contribution is 2.29. The molecule has 0 amide bonds. The molecule has 0 heterocycles. The molecule has 0 bridgehead atoms. The molecule has 2 rings (SSSR count). The molecule has 28 heavy (non-hydrogen) atoms. The van der Waals surface area contributed by atoms with Crippen molar-refractivity contribution in [1.82, 2.24) is 5.32 Å². The van der Waals surface area contributed by atoms with Crippen LogP contribution in [0.15, 0.2) is 60.7 Å². The predicted octanol–water partition coefficient (Wildman–Crippen LogP) is 3.68. The van der Waals surface area contributed by atoms with Gasteiger partial charge in [-0.25, -0.2) is 0 Å². The van der Waals surface area contributed by atoms with Crippen molar-refractivity contribution in [2.24, 2.45) is 0 Å². The highest BCUT2D eigenvalue weighted by atomic mass is 16.6. The van der Waals surface area contributed by atoms with Crippen LogP contribution in [0, 0.1) is 0 Å². The van der Waals surface area contributed by atoms with Crippen LogP contribution in [-0.4, -0.2) is 36.7 Å². The molecule has 1 unspecified atom stereocenters. The fraction of sp³-hybridized carbons (Fsp3) is 0.391. The van der Waals surface area contributed by atoms with Crippen LogP contribution >= 0.6 is 0 Å². The first kappa shape index (κ1) is 21.6. The topological polar surface area (TPSA) is 64.6 Å². The smallest absolute Gasteiger partial charge is 0.324 e. The van der Waals surface area contributed by atoms with Crippen molar-refractivity contribution in [3.63, 3.8) is 0 Å². The van der Waals surface area contributed by atoms with Crippen molar-refractivity contribution >= 4 is 11.9 Å². The predicted molar refractivity (Wildman–Crippen MR) is 109 cm³/mol. The summed E-state index contributed by atoms with van der Waals surface area (Å²) in [6, 6.07) is 18.7. The maximum Gasteiger partial charge on any atom is 0.324 e. The molecule has 5 nitrogen and oxygen atoms in total. The second kappa shape index (κ2) is 10.0. The molecule has 0 radical (unpaired) electrons. The van der Waals surface area contributed by atoms with Crippen molar-refractivity contribution in [3.8, 4) is 0 Å². The highest BCUT2D eigenvalue weighted by molar-refractivity contribution is 5.80. The van der Waals surface area contributed by atoms with Gasteiger partial charge in [0.25, 0.3) is 0 Å². The summed E-state index contributed by atoms with van der Waals surface area (Å²) in [5.41, 5.74) is 1.34. The van der Waals surface area contributed by atoms with Gasteiger partial charge in [-0.2, -0.15) is 0 Å². The fourth-order valence-electron chi connectivity index (χ4n) is 3.04. The molecule has 0 aromatic heterocycles. The van der Waals surface area contributed by atoms with E-state index in [4.69, 9.17) is 9.47 Å². The van der Waals surface area contributed by atoms with Gasteiger partial charge in [0.2, 0.25) is 0 Å². The van der Waals surface area contributed by atoms with E-state index in [2.05, 4.69) is 5.32 Å². The number of benzene rings is 2. The molecule has 2 aromatic rings. The van der Waals surface area contributed by atoms with Gasteiger partial charge in [0, 0.05) is 5.92 Å². The van der Waals surface area contributed by atoms with Gasteiger partial charge < -0.3 is 9.47 Å². The molecule has 0 saturated heterocycles. The Hall–Kier alpha value is -2.66. The van der Waals surface area contributed by atoms with Crippen LogP contribution in [0.25, 0.3) is 0 Å². The number of esters is 2. The lowest BCUT2D eigenvalue weighted by atomic mass is 9.85.